The predicted octanol–water partition coefficient (Wildman–Crippen LogP) is 3.11. The average molecular weight is 344 g/mol. The lowest BCUT2D eigenvalue weighted by atomic mass is 10.3. The molecular formula is C18H20N2O3S. The van der Waals surface area contributed by atoms with E-state index in [0.717, 1.165) is 6.42 Å². The summed E-state index contributed by atoms with van der Waals surface area (Å²) in [6.45, 7) is 2.03. The number of hydrogen-bond donors (Lipinski definition) is 1. The summed E-state index contributed by atoms with van der Waals surface area (Å²) in [5.74, 6) is 0.395. The van der Waals surface area contributed by atoms with Gasteiger partial charge in [-0.15, -0.1) is 0 Å². The van der Waals surface area contributed by atoms with E-state index in [9.17, 15) is 13.2 Å². The molecule has 0 radical (unpaired) electrons. The third kappa shape index (κ3) is 3.28. The van der Waals surface area contributed by atoms with Crippen LogP contribution in [0, 0.1) is 11.8 Å². The zero-order valence-electron chi connectivity index (χ0n) is 13.6. The average Bonchev–Trinajstić information content (AvgIpc) is 3.32. The van der Waals surface area contributed by atoms with Gasteiger partial charge in [0.1, 0.15) is 0 Å². The van der Waals surface area contributed by atoms with E-state index in [1.54, 1.807) is 36.4 Å². The number of nitrogens with zero attached hydrogens (tertiary/aromatic N) is 1. The van der Waals surface area contributed by atoms with E-state index in [1.807, 2.05) is 13.0 Å². The summed E-state index contributed by atoms with van der Waals surface area (Å²) in [5, 5.41) is 2.80. The third-order valence-corrected chi connectivity index (χ3v) is 6.11. The summed E-state index contributed by atoms with van der Waals surface area (Å²) < 4.78 is 26.8. The standard InChI is InChI=1S/C18H20N2O3S/c1-13-11-17(13)18(21)19-14-7-6-10-16(12-14)24(22,23)20(2)15-8-4-3-5-9-15/h3-10,12-13,17H,11H2,1-2H3,(H,19,21)/t13-,17-/m1/s1. The number of carbonyl (C=O) groups excluding carboxylic acids is 1. The molecule has 0 aliphatic heterocycles. The fraction of sp³-hybridized carbons (Fsp3) is 0.278. The SMILES string of the molecule is C[C@@H]1C[C@H]1C(=O)Nc1cccc(S(=O)(=O)N(C)c2ccccc2)c1. The van der Waals surface area contributed by atoms with Gasteiger partial charge in [0.2, 0.25) is 5.91 Å². The molecule has 1 N–H and O–H groups in total. The maximum absolute atomic E-state index is 12.8. The molecule has 0 saturated heterocycles. The Balaban J connectivity index is 1.83. The van der Waals surface area contributed by atoms with Crippen molar-refractivity contribution >= 4 is 27.3 Å². The number of hydrogen-bond acceptors (Lipinski definition) is 3. The molecule has 1 saturated carbocycles. The predicted molar refractivity (Wildman–Crippen MR) is 94.4 cm³/mol. The van der Waals surface area contributed by atoms with Gasteiger partial charge in [0.25, 0.3) is 10.0 Å². The number of anilines is 2. The van der Waals surface area contributed by atoms with Gasteiger partial charge in [-0.2, -0.15) is 0 Å². The highest BCUT2D eigenvalue weighted by molar-refractivity contribution is 7.92. The molecule has 0 unspecified atom stereocenters. The fourth-order valence-corrected chi connectivity index (χ4v) is 3.83. The van der Waals surface area contributed by atoms with Crippen LogP contribution in [-0.4, -0.2) is 21.4 Å². The van der Waals surface area contributed by atoms with Gasteiger partial charge in [0.05, 0.1) is 10.6 Å². The van der Waals surface area contributed by atoms with Crippen LogP contribution < -0.4 is 9.62 Å². The fourth-order valence-electron chi connectivity index (χ4n) is 2.59. The third-order valence-electron chi connectivity index (χ3n) is 4.33. The van der Waals surface area contributed by atoms with Crippen molar-refractivity contribution in [3.63, 3.8) is 0 Å². The lowest BCUT2D eigenvalue weighted by Gasteiger charge is -2.19. The second-order valence-electron chi connectivity index (χ2n) is 6.14. The van der Waals surface area contributed by atoms with E-state index in [2.05, 4.69) is 5.32 Å². The van der Waals surface area contributed by atoms with Crippen molar-refractivity contribution in [3.8, 4) is 0 Å². The summed E-state index contributed by atoms with van der Waals surface area (Å²) in [5.41, 5.74) is 1.08. The molecule has 1 aliphatic carbocycles. The first-order valence-corrected chi connectivity index (χ1v) is 9.28. The molecule has 2 atom stereocenters. The molecule has 1 amide bonds. The largest absolute Gasteiger partial charge is 0.326 e. The van der Waals surface area contributed by atoms with E-state index in [-0.39, 0.29) is 16.7 Å². The van der Waals surface area contributed by atoms with Crippen LogP contribution in [0.1, 0.15) is 13.3 Å². The van der Waals surface area contributed by atoms with E-state index >= 15 is 0 Å². The molecule has 5 nitrogen and oxygen atoms in total. The molecule has 3 rings (SSSR count). The number of amides is 1. The first-order valence-electron chi connectivity index (χ1n) is 7.84. The van der Waals surface area contributed by atoms with Crippen molar-refractivity contribution in [2.45, 2.75) is 18.2 Å². The van der Waals surface area contributed by atoms with E-state index < -0.39 is 10.0 Å². The Morgan fingerprint density at radius 1 is 1.12 bits per heavy atom. The minimum Gasteiger partial charge on any atom is -0.326 e. The zero-order chi connectivity index (χ0) is 17.3. The molecule has 0 bridgehead atoms. The minimum atomic E-state index is -3.68. The molecule has 126 valence electrons. The second kappa shape index (κ2) is 6.28. The summed E-state index contributed by atoms with van der Waals surface area (Å²) >= 11 is 0. The van der Waals surface area contributed by atoms with Gasteiger partial charge < -0.3 is 5.32 Å². The van der Waals surface area contributed by atoms with E-state index in [1.165, 1.54) is 23.5 Å². The minimum absolute atomic E-state index is 0.0391. The molecule has 0 spiro atoms. The number of nitrogens with one attached hydrogen (secondary N) is 1. The first kappa shape index (κ1) is 16.5. The van der Waals surface area contributed by atoms with Gasteiger partial charge in [-0.25, -0.2) is 8.42 Å². The van der Waals surface area contributed by atoms with Crippen molar-refractivity contribution in [1.82, 2.24) is 0 Å². The summed E-state index contributed by atoms with van der Waals surface area (Å²) in [7, 11) is -2.17. The number of benzene rings is 2. The van der Waals surface area contributed by atoms with Crippen molar-refractivity contribution in [1.29, 1.82) is 0 Å². The van der Waals surface area contributed by atoms with Gasteiger partial charge >= 0.3 is 0 Å². The Hall–Kier alpha value is -2.34. The second-order valence-corrected chi connectivity index (χ2v) is 8.11. The van der Waals surface area contributed by atoms with Gasteiger partial charge in [-0.05, 0) is 42.7 Å². The Kier molecular flexibility index (Phi) is 4.32. The van der Waals surface area contributed by atoms with Crippen LogP contribution in [0.2, 0.25) is 0 Å². The van der Waals surface area contributed by atoms with Gasteiger partial charge in [-0.3, -0.25) is 9.10 Å². The molecule has 24 heavy (non-hydrogen) atoms. The van der Waals surface area contributed by atoms with Crippen molar-refractivity contribution in [3.05, 3.63) is 54.6 Å². The summed E-state index contributed by atoms with van der Waals surface area (Å²) in [6.07, 6.45) is 0.889. The van der Waals surface area contributed by atoms with E-state index in [0.29, 0.717) is 17.3 Å². The molecule has 6 heteroatoms. The highest BCUT2D eigenvalue weighted by Gasteiger charge is 2.39. The number of sulfonamides is 1. The summed E-state index contributed by atoms with van der Waals surface area (Å²) in [4.78, 5) is 12.2. The molecule has 0 heterocycles. The Bertz CT molecular complexity index is 850. The molecule has 1 aliphatic rings. The summed E-state index contributed by atoms with van der Waals surface area (Å²) in [6, 6.07) is 15.2. The maximum atomic E-state index is 12.8. The van der Waals surface area contributed by atoms with Crippen LogP contribution in [0.4, 0.5) is 11.4 Å². The normalized spacial score (nSPS) is 19.6. The molecular weight excluding hydrogens is 324 g/mol. The van der Waals surface area contributed by atoms with Crippen LogP contribution in [0.15, 0.2) is 59.5 Å². The Morgan fingerprint density at radius 2 is 1.79 bits per heavy atom. The highest BCUT2D eigenvalue weighted by Crippen LogP contribution is 2.38. The van der Waals surface area contributed by atoms with Gasteiger partial charge in [0, 0.05) is 18.7 Å². The lowest BCUT2D eigenvalue weighted by Crippen LogP contribution is -2.26. The van der Waals surface area contributed by atoms with Crippen LogP contribution >= 0.6 is 0 Å². The smallest absolute Gasteiger partial charge is 0.264 e. The topological polar surface area (TPSA) is 66.5 Å². The number of rotatable bonds is 5. The Labute approximate surface area is 142 Å². The van der Waals surface area contributed by atoms with Crippen LogP contribution in [0.3, 0.4) is 0 Å². The van der Waals surface area contributed by atoms with E-state index in [4.69, 9.17) is 0 Å². The van der Waals surface area contributed by atoms with Crippen LogP contribution in [-0.2, 0) is 14.8 Å². The number of para-hydroxylation sites is 1. The quantitative estimate of drug-likeness (QED) is 0.906. The monoisotopic (exact) mass is 344 g/mol. The molecule has 1 fully saturated rings. The Morgan fingerprint density at radius 3 is 2.42 bits per heavy atom. The van der Waals surface area contributed by atoms with Gasteiger partial charge in [-0.1, -0.05) is 31.2 Å². The molecule has 0 aromatic heterocycles. The molecule has 2 aromatic rings. The zero-order valence-corrected chi connectivity index (χ0v) is 14.5. The number of carbonyl (C=O) groups is 1. The van der Waals surface area contributed by atoms with Crippen LogP contribution in [0.5, 0.6) is 0 Å². The lowest BCUT2D eigenvalue weighted by molar-refractivity contribution is -0.117. The van der Waals surface area contributed by atoms with Crippen molar-refractivity contribution in [2.75, 3.05) is 16.7 Å². The maximum Gasteiger partial charge on any atom is 0.264 e. The van der Waals surface area contributed by atoms with Crippen LogP contribution in [0.25, 0.3) is 0 Å². The molecule has 2 aromatic carbocycles. The first-order chi connectivity index (χ1) is 11.4. The van der Waals surface area contributed by atoms with Crippen molar-refractivity contribution < 1.29 is 13.2 Å². The highest BCUT2D eigenvalue weighted by atomic mass is 32.2. The van der Waals surface area contributed by atoms with Crippen molar-refractivity contribution in [2.24, 2.45) is 11.8 Å². The van der Waals surface area contributed by atoms with Gasteiger partial charge in [0.15, 0.2) is 0 Å².